The van der Waals surface area contributed by atoms with Gasteiger partial charge in [-0.05, 0) is 6.07 Å². The lowest BCUT2D eigenvalue weighted by atomic mass is 10.1. The lowest BCUT2D eigenvalue weighted by molar-refractivity contribution is -0.131. The van der Waals surface area contributed by atoms with Gasteiger partial charge in [0.15, 0.2) is 0 Å². The third-order valence-electron chi connectivity index (χ3n) is 4.42. The van der Waals surface area contributed by atoms with E-state index in [1.807, 2.05) is 30.0 Å². The molecule has 0 unspecified atom stereocenters. The number of hydrogen-bond acceptors (Lipinski definition) is 5. The van der Waals surface area contributed by atoms with Crippen molar-refractivity contribution >= 4 is 28.3 Å². The van der Waals surface area contributed by atoms with Crippen molar-refractivity contribution in [3.05, 3.63) is 30.3 Å². The first-order valence-corrected chi connectivity index (χ1v) is 8.59. The second kappa shape index (κ2) is 7.49. The van der Waals surface area contributed by atoms with E-state index in [0.29, 0.717) is 13.0 Å². The van der Waals surface area contributed by atoms with E-state index in [2.05, 4.69) is 22.3 Å². The van der Waals surface area contributed by atoms with Crippen molar-refractivity contribution in [3.63, 3.8) is 0 Å². The number of piperazine rings is 1. The predicted octanol–water partition coefficient (Wildman–Crippen LogP) is 1.66. The summed E-state index contributed by atoms with van der Waals surface area (Å²) in [6.07, 6.45) is 0.571. The summed E-state index contributed by atoms with van der Waals surface area (Å²) in [6, 6.07) is 10.2. The minimum atomic E-state index is 0.228. The number of carbonyl (C=O) groups excluding carboxylic acids is 1. The van der Waals surface area contributed by atoms with Crippen LogP contribution < -0.4 is 16.0 Å². The first kappa shape index (κ1) is 16.5. The molecular formula is C18H25N5O. The Labute approximate surface area is 142 Å². The maximum atomic E-state index is 11.8. The number of nitrogens with one attached hydrogen (secondary N) is 1. The minimum absolute atomic E-state index is 0.228. The molecule has 24 heavy (non-hydrogen) atoms. The van der Waals surface area contributed by atoms with Crippen molar-refractivity contribution in [2.45, 2.75) is 13.3 Å². The van der Waals surface area contributed by atoms with Crippen LogP contribution in [0.1, 0.15) is 13.3 Å². The first-order valence-electron chi connectivity index (χ1n) is 8.59. The topological polar surface area (TPSA) is 74.5 Å². The van der Waals surface area contributed by atoms with Crippen molar-refractivity contribution in [3.8, 4) is 0 Å². The van der Waals surface area contributed by atoms with E-state index in [-0.39, 0.29) is 5.91 Å². The Kier molecular flexibility index (Phi) is 5.15. The van der Waals surface area contributed by atoms with Crippen LogP contribution in [0.25, 0.3) is 10.9 Å². The maximum Gasteiger partial charge on any atom is 0.222 e. The van der Waals surface area contributed by atoms with Crippen LogP contribution >= 0.6 is 0 Å². The molecule has 1 fully saturated rings. The third-order valence-corrected chi connectivity index (χ3v) is 4.42. The van der Waals surface area contributed by atoms with Crippen molar-refractivity contribution in [1.82, 2.24) is 9.88 Å². The average molecular weight is 327 g/mol. The van der Waals surface area contributed by atoms with Gasteiger partial charge in [0.2, 0.25) is 5.91 Å². The second-order valence-electron chi connectivity index (χ2n) is 5.98. The fourth-order valence-corrected chi connectivity index (χ4v) is 3.09. The molecule has 1 aromatic carbocycles. The molecule has 0 radical (unpaired) electrons. The molecule has 1 saturated heterocycles. The van der Waals surface area contributed by atoms with Gasteiger partial charge in [0.1, 0.15) is 5.82 Å². The molecule has 1 amide bonds. The standard InChI is InChI=1S/C18H25N5O/c1-2-18(24)23-11-9-22(10-12-23)17-13-16(20-8-7-19)14-5-3-4-6-15(14)21-17/h3-6,13H,2,7-12,19H2,1H3,(H,20,21). The van der Waals surface area contributed by atoms with E-state index < -0.39 is 0 Å². The lowest BCUT2D eigenvalue weighted by Crippen LogP contribution is -2.48. The average Bonchev–Trinajstić information content (AvgIpc) is 2.65. The third kappa shape index (κ3) is 3.43. The van der Waals surface area contributed by atoms with Gasteiger partial charge in [0.05, 0.1) is 5.52 Å². The number of hydrogen-bond donors (Lipinski definition) is 2. The van der Waals surface area contributed by atoms with Crippen LogP contribution in [0.15, 0.2) is 30.3 Å². The number of pyridine rings is 1. The number of benzene rings is 1. The van der Waals surface area contributed by atoms with E-state index in [1.54, 1.807) is 0 Å². The van der Waals surface area contributed by atoms with E-state index in [4.69, 9.17) is 10.7 Å². The summed E-state index contributed by atoms with van der Waals surface area (Å²) in [5.74, 6) is 1.18. The van der Waals surface area contributed by atoms with Crippen LogP contribution in [0.4, 0.5) is 11.5 Å². The number of rotatable bonds is 5. The van der Waals surface area contributed by atoms with E-state index in [0.717, 1.165) is 55.1 Å². The summed E-state index contributed by atoms with van der Waals surface area (Å²) in [7, 11) is 0. The number of nitrogens with two attached hydrogens (primary N) is 1. The summed E-state index contributed by atoms with van der Waals surface area (Å²) >= 11 is 0. The van der Waals surface area contributed by atoms with Gasteiger partial charge in [-0.1, -0.05) is 25.1 Å². The van der Waals surface area contributed by atoms with Gasteiger partial charge in [-0.2, -0.15) is 0 Å². The van der Waals surface area contributed by atoms with E-state index in [9.17, 15) is 4.79 Å². The van der Waals surface area contributed by atoms with Crippen LogP contribution in [-0.4, -0.2) is 55.1 Å². The van der Waals surface area contributed by atoms with Crippen molar-refractivity contribution in [1.29, 1.82) is 0 Å². The Morgan fingerprint density at radius 1 is 1.25 bits per heavy atom. The zero-order valence-electron chi connectivity index (χ0n) is 14.2. The number of amides is 1. The molecule has 3 rings (SSSR count). The molecule has 6 nitrogen and oxygen atoms in total. The molecule has 1 aromatic heterocycles. The molecule has 0 aliphatic carbocycles. The highest BCUT2D eigenvalue weighted by Crippen LogP contribution is 2.27. The first-order chi connectivity index (χ1) is 11.7. The Hall–Kier alpha value is -2.34. The monoisotopic (exact) mass is 327 g/mol. The van der Waals surface area contributed by atoms with Gasteiger partial charge in [0.25, 0.3) is 0 Å². The zero-order chi connectivity index (χ0) is 16.9. The number of anilines is 2. The fourth-order valence-electron chi connectivity index (χ4n) is 3.09. The smallest absolute Gasteiger partial charge is 0.222 e. The summed E-state index contributed by atoms with van der Waals surface area (Å²) in [4.78, 5) is 20.8. The maximum absolute atomic E-state index is 11.8. The Balaban J connectivity index is 1.83. The van der Waals surface area contributed by atoms with Crippen molar-refractivity contribution in [2.24, 2.45) is 5.73 Å². The number of carbonyl (C=O) groups is 1. The highest BCUT2D eigenvalue weighted by molar-refractivity contribution is 5.93. The molecule has 2 aromatic rings. The molecular weight excluding hydrogens is 302 g/mol. The molecule has 1 aliphatic heterocycles. The van der Waals surface area contributed by atoms with Crippen LogP contribution in [0.2, 0.25) is 0 Å². The molecule has 0 spiro atoms. The molecule has 1 aliphatic rings. The van der Waals surface area contributed by atoms with E-state index >= 15 is 0 Å². The Morgan fingerprint density at radius 2 is 2.00 bits per heavy atom. The highest BCUT2D eigenvalue weighted by atomic mass is 16.2. The van der Waals surface area contributed by atoms with Gasteiger partial charge >= 0.3 is 0 Å². The van der Waals surface area contributed by atoms with Crippen LogP contribution in [0.5, 0.6) is 0 Å². The number of aromatic nitrogens is 1. The van der Waals surface area contributed by atoms with Crippen LogP contribution in [0, 0.1) is 0 Å². The molecule has 0 atom stereocenters. The quantitative estimate of drug-likeness (QED) is 0.874. The highest BCUT2D eigenvalue weighted by Gasteiger charge is 2.21. The molecule has 0 bridgehead atoms. The fraction of sp³-hybridized carbons (Fsp3) is 0.444. The summed E-state index contributed by atoms with van der Waals surface area (Å²) < 4.78 is 0. The summed E-state index contributed by atoms with van der Waals surface area (Å²) in [5.41, 5.74) is 7.67. The largest absolute Gasteiger partial charge is 0.383 e. The van der Waals surface area contributed by atoms with E-state index in [1.165, 1.54) is 0 Å². The number of para-hydroxylation sites is 1. The zero-order valence-corrected chi connectivity index (χ0v) is 14.2. The van der Waals surface area contributed by atoms with Gasteiger partial charge in [-0.25, -0.2) is 4.98 Å². The second-order valence-corrected chi connectivity index (χ2v) is 5.98. The van der Waals surface area contributed by atoms with Crippen molar-refractivity contribution in [2.75, 3.05) is 49.5 Å². The minimum Gasteiger partial charge on any atom is -0.383 e. The summed E-state index contributed by atoms with van der Waals surface area (Å²) in [5, 5.41) is 4.50. The van der Waals surface area contributed by atoms with Gasteiger partial charge in [0, 0.05) is 62.8 Å². The Bertz CT molecular complexity index is 710. The van der Waals surface area contributed by atoms with Gasteiger partial charge in [-0.15, -0.1) is 0 Å². The van der Waals surface area contributed by atoms with Crippen LogP contribution in [-0.2, 0) is 4.79 Å². The van der Waals surface area contributed by atoms with Crippen molar-refractivity contribution < 1.29 is 4.79 Å². The molecule has 3 N–H and O–H groups in total. The molecule has 128 valence electrons. The number of nitrogens with zero attached hydrogens (tertiary/aromatic N) is 3. The lowest BCUT2D eigenvalue weighted by Gasteiger charge is -2.35. The molecule has 2 heterocycles. The molecule has 0 saturated carbocycles. The SMILES string of the molecule is CCC(=O)N1CCN(c2cc(NCCN)c3ccccc3n2)CC1. The Morgan fingerprint density at radius 3 is 2.71 bits per heavy atom. The predicted molar refractivity (Wildman–Crippen MR) is 98.4 cm³/mol. The summed E-state index contributed by atoms with van der Waals surface area (Å²) in [6.45, 7) is 6.37. The molecule has 6 heteroatoms. The van der Waals surface area contributed by atoms with Gasteiger partial charge in [-0.3, -0.25) is 4.79 Å². The normalized spacial score (nSPS) is 14.9. The number of fused-ring (bicyclic) bond motifs is 1. The van der Waals surface area contributed by atoms with Crippen LogP contribution in [0.3, 0.4) is 0 Å². The van der Waals surface area contributed by atoms with Gasteiger partial charge < -0.3 is 20.9 Å².